The predicted molar refractivity (Wildman–Crippen MR) is 112 cm³/mol. The minimum Gasteiger partial charge on any atom is -0.491 e. The summed E-state index contributed by atoms with van der Waals surface area (Å²) in [7, 11) is -3.40. The summed E-state index contributed by atoms with van der Waals surface area (Å²) in [4.78, 5) is 12.2. The number of hydrogen-bond acceptors (Lipinski definition) is 4. The third kappa shape index (κ3) is 6.88. The SMILES string of the molecule is Cc1ccccc1OCC(C)NC(=O)CCCN(c1ccccc1)S(C)(=O)=O. The number of ether oxygens (including phenoxy) is 1. The second-order valence-corrected chi connectivity index (χ2v) is 8.73. The van der Waals surface area contributed by atoms with Gasteiger partial charge in [0, 0.05) is 13.0 Å². The van der Waals surface area contributed by atoms with Crippen molar-refractivity contribution >= 4 is 21.6 Å². The maximum atomic E-state index is 12.2. The van der Waals surface area contributed by atoms with E-state index in [0.717, 1.165) is 11.3 Å². The summed E-state index contributed by atoms with van der Waals surface area (Å²) in [5.41, 5.74) is 1.65. The molecule has 152 valence electrons. The van der Waals surface area contributed by atoms with Gasteiger partial charge in [0.15, 0.2) is 0 Å². The number of benzene rings is 2. The summed E-state index contributed by atoms with van der Waals surface area (Å²) >= 11 is 0. The zero-order chi connectivity index (χ0) is 20.6. The number of nitrogens with zero attached hydrogens (tertiary/aromatic N) is 1. The number of carbonyl (C=O) groups excluding carboxylic acids is 1. The first-order valence-corrected chi connectivity index (χ1v) is 11.1. The number of amides is 1. The van der Waals surface area contributed by atoms with Crippen molar-refractivity contribution in [1.29, 1.82) is 0 Å². The fraction of sp³-hybridized carbons (Fsp3) is 0.381. The number of hydrogen-bond donors (Lipinski definition) is 1. The molecule has 0 fully saturated rings. The lowest BCUT2D eigenvalue weighted by molar-refractivity contribution is -0.121. The molecule has 0 spiro atoms. The van der Waals surface area contributed by atoms with E-state index in [0.29, 0.717) is 18.7 Å². The molecule has 7 heteroatoms. The van der Waals surface area contributed by atoms with Crippen molar-refractivity contribution in [2.24, 2.45) is 0 Å². The standard InChI is InChI=1S/C21H28N2O4S/c1-17-10-7-8-13-20(17)27-16-18(2)22-21(24)14-9-15-23(28(3,25)26)19-11-5-4-6-12-19/h4-8,10-13,18H,9,14-16H2,1-3H3,(H,22,24). The number of sulfonamides is 1. The fourth-order valence-corrected chi connectivity index (χ4v) is 3.75. The van der Waals surface area contributed by atoms with Gasteiger partial charge in [0.25, 0.3) is 0 Å². The van der Waals surface area contributed by atoms with Crippen LogP contribution >= 0.6 is 0 Å². The van der Waals surface area contributed by atoms with E-state index in [9.17, 15) is 13.2 Å². The van der Waals surface area contributed by atoms with Crippen molar-refractivity contribution in [3.8, 4) is 5.75 Å². The Morgan fingerprint density at radius 2 is 1.75 bits per heavy atom. The lowest BCUT2D eigenvalue weighted by Gasteiger charge is -2.22. The van der Waals surface area contributed by atoms with Gasteiger partial charge in [-0.25, -0.2) is 8.42 Å². The highest BCUT2D eigenvalue weighted by molar-refractivity contribution is 7.92. The number of para-hydroxylation sites is 2. The normalized spacial score (nSPS) is 12.2. The Kier molecular flexibility index (Phi) is 7.87. The molecule has 28 heavy (non-hydrogen) atoms. The van der Waals surface area contributed by atoms with Crippen molar-refractivity contribution in [3.63, 3.8) is 0 Å². The Labute approximate surface area is 167 Å². The topological polar surface area (TPSA) is 75.7 Å². The Bertz CT molecular complexity index is 869. The smallest absolute Gasteiger partial charge is 0.232 e. The van der Waals surface area contributed by atoms with Crippen LogP contribution in [0.5, 0.6) is 5.75 Å². The highest BCUT2D eigenvalue weighted by Gasteiger charge is 2.17. The molecule has 1 amide bonds. The van der Waals surface area contributed by atoms with Crippen LogP contribution in [0.4, 0.5) is 5.69 Å². The molecule has 0 radical (unpaired) electrons. The second kappa shape index (κ2) is 10.1. The van der Waals surface area contributed by atoms with Gasteiger partial charge in [-0.05, 0) is 44.0 Å². The summed E-state index contributed by atoms with van der Waals surface area (Å²) in [6.45, 7) is 4.47. The van der Waals surface area contributed by atoms with E-state index in [1.165, 1.54) is 10.6 Å². The van der Waals surface area contributed by atoms with E-state index < -0.39 is 10.0 Å². The minimum atomic E-state index is -3.40. The van der Waals surface area contributed by atoms with Crippen molar-refractivity contribution in [2.45, 2.75) is 32.7 Å². The monoisotopic (exact) mass is 404 g/mol. The first-order chi connectivity index (χ1) is 13.3. The number of nitrogens with one attached hydrogen (secondary N) is 1. The maximum Gasteiger partial charge on any atom is 0.232 e. The zero-order valence-electron chi connectivity index (χ0n) is 16.6. The number of anilines is 1. The molecule has 0 bridgehead atoms. The van der Waals surface area contributed by atoms with Gasteiger partial charge in [0.2, 0.25) is 15.9 Å². The molecule has 0 saturated heterocycles. The molecule has 2 aromatic carbocycles. The van der Waals surface area contributed by atoms with Crippen molar-refractivity contribution in [3.05, 3.63) is 60.2 Å². The first kappa shape index (κ1) is 21.8. The third-order valence-electron chi connectivity index (χ3n) is 4.20. The molecule has 0 aromatic heterocycles. The summed E-state index contributed by atoms with van der Waals surface area (Å²) < 4.78 is 31.2. The van der Waals surface area contributed by atoms with Gasteiger partial charge in [-0.3, -0.25) is 9.10 Å². The summed E-state index contributed by atoms with van der Waals surface area (Å²) in [6.07, 6.45) is 1.85. The van der Waals surface area contributed by atoms with Crippen LogP contribution in [0.3, 0.4) is 0 Å². The average Bonchev–Trinajstić information content (AvgIpc) is 2.64. The Morgan fingerprint density at radius 1 is 1.11 bits per heavy atom. The van der Waals surface area contributed by atoms with E-state index in [1.54, 1.807) is 24.3 Å². The molecular formula is C21H28N2O4S. The number of rotatable bonds is 10. The molecule has 1 unspecified atom stereocenters. The van der Waals surface area contributed by atoms with E-state index in [2.05, 4.69) is 5.32 Å². The summed E-state index contributed by atoms with van der Waals surface area (Å²) in [6, 6.07) is 16.5. The van der Waals surface area contributed by atoms with Gasteiger partial charge in [-0.2, -0.15) is 0 Å². The third-order valence-corrected chi connectivity index (χ3v) is 5.39. The van der Waals surface area contributed by atoms with Crippen LogP contribution in [0.1, 0.15) is 25.3 Å². The van der Waals surface area contributed by atoms with Gasteiger partial charge in [0.05, 0.1) is 18.0 Å². The van der Waals surface area contributed by atoms with Crippen LogP contribution in [0, 0.1) is 6.92 Å². The molecule has 0 aliphatic heterocycles. The number of carbonyl (C=O) groups is 1. The van der Waals surface area contributed by atoms with Crippen molar-refractivity contribution < 1.29 is 17.9 Å². The van der Waals surface area contributed by atoms with Crippen LogP contribution in [0.15, 0.2) is 54.6 Å². The lowest BCUT2D eigenvalue weighted by atomic mass is 10.2. The van der Waals surface area contributed by atoms with Crippen LogP contribution in [0.2, 0.25) is 0 Å². The predicted octanol–water partition coefficient (Wildman–Crippen LogP) is 3.12. The Hall–Kier alpha value is -2.54. The highest BCUT2D eigenvalue weighted by Crippen LogP contribution is 2.18. The maximum absolute atomic E-state index is 12.2. The molecule has 0 aliphatic rings. The van der Waals surface area contributed by atoms with Crippen molar-refractivity contribution in [2.75, 3.05) is 23.7 Å². The molecule has 2 aromatic rings. The number of aryl methyl sites for hydroxylation is 1. The van der Waals surface area contributed by atoms with Crippen LogP contribution < -0.4 is 14.4 Å². The quantitative estimate of drug-likeness (QED) is 0.660. The van der Waals surface area contributed by atoms with Gasteiger partial charge >= 0.3 is 0 Å². The molecule has 2 rings (SSSR count). The van der Waals surface area contributed by atoms with Crippen molar-refractivity contribution in [1.82, 2.24) is 5.32 Å². The van der Waals surface area contributed by atoms with E-state index in [4.69, 9.17) is 4.74 Å². The first-order valence-electron chi connectivity index (χ1n) is 9.28. The van der Waals surface area contributed by atoms with Crippen LogP contribution in [0.25, 0.3) is 0 Å². The average molecular weight is 405 g/mol. The molecular weight excluding hydrogens is 376 g/mol. The molecule has 6 nitrogen and oxygen atoms in total. The Balaban J connectivity index is 1.78. The molecule has 1 N–H and O–H groups in total. The molecule has 0 aliphatic carbocycles. The molecule has 0 saturated carbocycles. The van der Waals surface area contributed by atoms with E-state index in [1.807, 2.05) is 44.2 Å². The van der Waals surface area contributed by atoms with Gasteiger partial charge in [0.1, 0.15) is 12.4 Å². The summed E-state index contributed by atoms with van der Waals surface area (Å²) in [5, 5.41) is 2.89. The van der Waals surface area contributed by atoms with Crippen LogP contribution in [-0.4, -0.2) is 39.8 Å². The largest absolute Gasteiger partial charge is 0.491 e. The van der Waals surface area contributed by atoms with Gasteiger partial charge < -0.3 is 10.1 Å². The minimum absolute atomic E-state index is 0.123. The summed E-state index contributed by atoms with van der Waals surface area (Å²) in [5.74, 6) is 0.678. The second-order valence-electron chi connectivity index (χ2n) is 6.82. The molecule has 0 heterocycles. The van der Waals surface area contributed by atoms with Gasteiger partial charge in [-0.1, -0.05) is 36.4 Å². The zero-order valence-corrected chi connectivity index (χ0v) is 17.4. The van der Waals surface area contributed by atoms with Gasteiger partial charge in [-0.15, -0.1) is 0 Å². The Morgan fingerprint density at radius 3 is 2.39 bits per heavy atom. The molecule has 1 atom stereocenters. The fourth-order valence-electron chi connectivity index (χ4n) is 2.79. The van der Waals surface area contributed by atoms with E-state index >= 15 is 0 Å². The van der Waals surface area contributed by atoms with E-state index in [-0.39, 0.29) is 24.9 Å². The highest BCUT2D eigenvalue weighted by atomic mass is 32.2. The lowest BCUT2D eigenvalue weighted by Crippen LogP contribution is -2.37. The van der Waals surface area contributed by atoms with Crippen LogP contribution in [-0.2, 0) is 14.8 Å².